The Kier molecular flexibility index (Phi) is 4.62. The average molecular weight is 391 g/mol. The number of carboxylic acid groups (broad SMARTS) is 1. The van der Waals surface area contributed by atoms with Crippen LogP contribution in [0, 0.1) is 6.92 Å². The van der Waals surface area contributed by atoms with Gasteiger partial charge in [0, 0.05) is 18.9 Å². The lowest BCUT2D eigenvalue weighted by Crippen LogP contribution is -2.10. The van der Waals surface area contributed by atoms with E-state index in [1.807, 2.05) is 24.1 Å². The van der Waals surface area contributed by atoms with E-state index in [1.165, 1.54) is 29.2 Å². The van der Waals surface area contributed by atoms with Crippen molar-refractivity contribution in [3.8, 4) is 0 Å². The number of hydrogen-bond acceptors (Lipinski definition) is 7. The number of fused-ring (bicyclic) bond motifs is 1. The number of aryl methyl sites for hydroxylation is 1. The summed E-state index contributed by atoms with van der Waals surface area (Å²) in [5.41, 5.74) is 3.20. The Labute approximate surface area is 165 Å². The van der Waals surface area contributed by atoms with Crippen LogP contribution >= 0.6 is 11.3 Å². The Morgan fingerprint density at radius 2 is 1.86 bits per heavy atom. The van der Waals surface area contributed by atoms with Gasteiger partial charge in [0.05, 0.1) is 5.56 Å². The van der Waals surface area contributed by atoms with Gasteiger partial charge < -0.3 is 15.3 Å². The lowest BCUT2D eigenvalue weighted by Gasteiger charge is -2.18. The monoisotopic (exact) mass is 391 g/mol. The quantitative estimate of drug-likeness (QED) is 0.513. The van der Waals surface area contributed by atoms with Crippen molar-refractivity contribution in [2.24, 2.45) is 0 Å². The van der Waals surface area contributed by atoms with E-state index in [1.54, 1.807) is 6.07 Å². The second kappa shape index (κ2) is 7.24. The van der Waals surface area contributed by atoms with Crippen LogP contribution in [-0.4, -0.2) is 33.1 Å². The van der Waals surface area contributed by atoms with Crippen LogP contribution in [0.15, 0.2) is 54.7 Å². The summed E-state index contributed by atoms with van der Waals surface area (Å²) in [4.78, 5) is 27.1. The van der Waals surface area contributed by atoms with Crippen molar-refractivity contribution in [2.45, 2.75) is 6.92 Å². The van der Waals surface area contributed by atoms with Crippen molar-refractivity contribution >= 4 is 50.1 Å². The number of pyridine rings is 2. The van der Waals surface area contributed by atoms with Gasteiger partial charge in [0.25, 0.3) is 0 Å². The summed E-state index contributed by atoms with van der Waals surface area (Å²) in [6.45, 7) is 2.06. The molecule has 4 aromatic rings. The summed E-state index contributed by atoms with van der Waals surface area (Å²) in [6, 6.07) is 15.2. The number of benzene rings is 1. The molecule has 0 fully saturated rings. The number of nitrogens with zero attached hydrogens (tertiary/aromatic N) is 4. The first-order valence-electron chi connectivity index (χ1n) is 8.54. The van der Waals surface area contributed by atoms with Crippen molar-refractivity contribution in [1.82, 2.24) is 15.0 Å². The highest BCUT2D eigenvalue weighted by molar-refractivity contribution is 7.21. The van der Waals surface area contributed by atoms with Gasteiger partial charge in [0.1, 0.15) is 22.0 Å². The third kappa shape index (κ3) is 3.63. The summed E-state index contributed by atoms with van der Waals surface area (Å²) in [5.74, 6) is 0.352. The van der Waals surface area contributed by atoms with E-state index in [4.69, 9.17) is 10.1 Å². The smallest absolute Gasteiger partial charge is 0.337 e. The molecule has 0 spiro atoms. The van der Waals surface area contributed by atoms with Gasteiger partial charge in [-0.2, -0.15) is 0 Å². The number of aromatic nitrogens is 3. The molecular formula is C20H17N5O2S. The van der Waals surface area contributed by atoms with Crippen LogP contribution in [0.5, 0.6) is 0 Å². The molecule has 0 saturated heterocycles. The maximum atomic E-state index is 10.9. The van der Waals surface area contributed by atoms with Gasteiger partial charge in [-0.25, -0.2) is 19.7 Å². The molecule has 3 heterocycles. The topological polar surface area (TPSA) is 91.2 Å². The molecule has 3 aromatic heterocycles. The fourth-order valence-corrected chi connectivity index (χ4v) is 3.49. The molecule has 28 heavy (non-hydrogen) atoms. The maximum absolute atomic E-state index is 10.9. The molecular weight excluding hydrogens is 374 g/mol. The SMILES string of the molecule is Cc1ccc(N(C)c2ccc3nc(Nc4ccc(C(=O)O)cn4)sc3n2)cc1. The van der Waals surface area contributed by atoms with E-state index >= 15 is 0 Å². The molecule has 8 heteroatoms. The fraction of sp³-hybridized carbons (Fsp3) is 0.100. The van der Waals surface area contributed by atoms with E-state index in [-0.39, 0.29) is 5.56 Å². The zero-order valence-corrected chi connectivity index (χ0v) is 16.1. The number of aromatic carboxylic acids is 1. The average Bonchev–Trinajstić information content (AvgIpc) is 3.09. The maximum Gasteiger partial charge on any atom is 0.337 e. The van der Waals surface area contributed by atoms with Crippen molar-refractivity contribution in [3.05, 3.63) is 65.9 Å². The molecule has 0 unspecified atom stereocenters. The molecule has 0 saturated carbocycles. The van der Waals surface area contributed by atoms with Crippen molar-refractivity contribution in [3.63, 3.8) is 0 Å². The third-order valence-corrected chi connectivity index (χ3v) is 5.13. The predicted molar refractivity (Wildman–Crippen MR) is 111 cm³/mol. The minimum Gasteiger partial charge on any atom is -0.478 e. The molecule has 0 bridgehead atoms. The standard InChI is InChI=1S/C20H17N5O2S/c1-12-3-6-14(7-4-12)25(2)17-10-8-15-18(24-17)28-20(22-15)23-16-9-5-13(11-21-16)19(26)27/h3-11H,1-2H3,(H,26,27)(H,21,22,23). The van der Waals surface area contributed by atoms with Gasteiger partial charge in [-0.05, 0) is 43.3 Å². The summed E-state index contributed by atoms with van der Waals surface area (Å²) in [5, 5.41) is 12.7. The molecule has 140 valence electrons. The number of nitrogens with one attached hydrogen (secondary N) is 1. The molecule has 1 aromatic carbocycles. The van der Waals surface area contributed by atoms with Gasteiger partial charge in [0.15, 0.2) is 5.13 Å². The Balaban J connectivity index is 1.57. The minimum absolute atomic E-state index is 0.139. The van der Waals surface area contributed by atoms with Crippen molar-refractivity contribution in [1.29, 1.82) is 0 Å². The second-order valence-electron chi connectivity index (χ2n) is 6.27. The highest BCUT2D eigenvalue weighted by Gasteiger charge is 2.11. The number of hydrogen-bond donors (Lipinski definition) is 2. The van der Waals surface area contributed by atoms with Crippen LogP contribution in [0.25, 0.3) is 10.3 Å². The highest BCUT2D eigenvalue weighted by atomic mass is 32.1. The van der Waals surface area contributed by atoms with E-state index < -0.39 is 5.97 Å². The van der Waals surface area contributed by atoms with Gasteiger partial charge in [0.2, 0.25) is 0 Å². The molecule has 0 amide bonds. The van der Waals surface area contributed by atoms with E-state index in [0.29, 0.717) is 10.9 Å². The number of anilines is 4. The molecule has 7 nitrogen and oxygen atoms in total. The number of carboxylic acids is 1. The van der Waals surface area contributed by atoms with Gasteiger partial charge in [-0.3, -0.25) is 0 Å². The van der Waals surface area contributed by atoms with Crippen LogP contribution in [0.2, 0.25) is 0 Å². The largest absolute Gasteiger partial charge is 0.478 e. The summed E-state index contributed by atoms with van der Waals surface area (Å²) in [6.07, 6.45) is 1.31. The van der Waals surface area contributed by atoms with Crippen LogP contribution in [0.3, 0.4) is 0 Å². The van der Waals surface area contributed by atoms with Crippen LogP contribution < -0.4 is 10.2 Å². The zero-order chi connectivity index (χ0) is 19.7. The third-order valence-electron chi connectivity index (χ3n) is 4.25. The first-order chi connectivity index (χ1) is 13.5. The molecule has 2 N–H and O–H groups in total. The molecule has 4 rings (SSSR count). The molecule has 0 atom stereocenters. The first kappa shape index (κ1) is 17.9. The van der Waals surface area contributed by atoms with Crippen molar-refractivity contribution < 1.29 is 9.90 Å². The Hall–Kier alpha value is -3.52. The van der Waals surface area contributed by atoms with Crippen LogP contribution in [0.4, 0.5) is 22.5 Å². The van der Waals surface area contributed by atoms with Crippen molar-refractivity contribution in [2.75, 3.05) is 17.3 Å². The molecule has 0 aliphatic carbocycles. The van der Waals surface area contributed by atoms with Crippen LogP contribution in [0.1, 0.15) is 15.9 Å². The fourth-order valence-electron chi connectivity index (χ4n) is 2.65. The zero-order valence-electron chi connectivity index (χ0n) is 15.2. The van der Waals surface area contributed by atoms with E-state index in [2.05, 4.69) is 46.5 Å². The Bertz CT molecular complexity index is 1140. The van der Waals surface area contributed by atoms with E-state index in [0.717, 1.165) is 21.9 Å². The second-order valence-corrected chi connectivity index (χ2v) is 7.25. The highest BCUT2D eigenvalue weighted by Crippen LogP contribution is 2.30. The van der Waals surface area contributed by atoms with Gasteiger partial charge in [-0.1, -0.05) is 29.0 Å². The lowest BCUT2D eigenvalue weighted by atomic mass is 10.2. The van der Waals surface area contributed by atoms with Gasteiger partial charge >= 0.3 is 5.97 Å². The minimum atomic E-state index is -1.01. The summed E-state index contributed by atoms with van der Waals surface area (Å²) >= 11 is 1.42. The summed E-state index contributed by atoms with van der Waals surface area (Å²) in [7, 11) is 1.98. The number of thiazole rings is 1. The Morgan fingerprint density at radius 3 is 2.54 bits per heavy atom. The number of rotatable bonds is 5. The normalized spacial score (nSPS) is 10.8. The molecule has 0 radical (unpaired) electrons. The molecule has 0 aliphatic heterocycles. The molecule has 0 aliphatic rings. The summed E-state index contributed by atoms with van der Waals surface area (Å²) < 4.78 is 0. The first-order valence-corrected chi connectivity index (χ1v) is 9.35. The number of carbonyl (C=O) groups is 1. The van der Waals surface area contributed by atoms with Crippen LogP contribution in [-0.2, 0) is 0 Å². The van der Waals surface area contributed by atoms with E-state index in [9.17, 15) is 4.79 Å². The Morgan fingerprint density at radius 1 is 1.07 bits per heavy atom. The lowest BCUT2D eigenvalue weighted by molar-refractivity contribution is 0.0696. The predicted octanol–water partition coefficient (Wildman–Crippen LogP) is 4.60. The van der Waals surface area contributed by atoms with Gasteiger partial charge in [-0.15, -0.1) is 0 Å².